The average Bonchev–Trinajstić information content (AvgIpc) is 2.16. The van der Waals surface area contributed by atoms with Gasteiger partial charge in [-0.05, 0) is 6.42 Å². The van der Waals surface area contributed by atoms with Gasteiger partial charge in [0.25, 0.3) is 0 Å². The van der Waals surface area contributed by atoms with E-state index in [1.165, 1.54) is 0 Å². The molecule has 1 heterocycles. The first-order chi connectivity index (χ1) is 6.30. The van der Waals surface area contributed by atoms with E-state index in [4.69, 9.17) is 14.2 Å². The summed E-state index contributed by atoms with van der Waals surface area (Å²) in [6.45, 7) is 4.43. The number of carbonyl (C=O) groups excluding carboxylic acids is 1. The number of esters is 1. The molecule has 0 N–H and O–H groups in total. The van der Waals surface area contributed by atoms with Gasteiger partial charge < -0.3 is 14.2 Å². The van der Waals surface area contributed by atoms with Crippen molar-refractivity contribution in [1.82, 2.24) is 0 Å². The zero-order valence-electron chi connectivity index (χ0n) is 7.95. The van der Waals surface area contributed by atoms with Crippen LogP contribution in [0, 0.1) is 5.92 Å². The molecule has 76 valence electrons. The Bertz CT molecular complexity index is 158. The molecule has 0 saturated carbocycles. The van der Waals surface area contributed by atoms with E-state index in [0.29, 0.717) is 33.0 Å². The van der Waals surface area contributed by atoms with Crippen LogP contribution in [0.25, 0.3) is 0 Å². The van der Waals surface area contributed by atoms with Crippen LogP contribution in [-0.2, 0) is 19.0 Å². The lowest BCUT2D eigenvalue weighted by Crippen LogP contribution is -2.17. The summed E-state index contributed by atoms with van der Waals surface area (Å²) in [7, 11) is 0. The van der Waals surface area contributed by atoms with Crippen molar-refractivity contribution in [2.75, 3.05) is 33.0 Å². The maximum Gasteiger partial charge on any atom is 0.308 e. The van der Waals surface area contributed by atoms with Gasteiger partial charge in [-0.2, -0.15) is 0 Å². The molecule has 4 heteroatoms. The zero-order chi connectivity index (χ0) is 9.52. The fourth-order valence-electron chi connectivity index (χ4n) is 1.04. The third kappa shape index (κ3) is 4.24. The maximum absolute atomic E-state index is 11.2. The van der Waals surface area contributed by atoms with Gasteiger partial charge in [-0.1, -0.05) is 6.92 Å². The summed E-state index contributed by atoms with van der Waals surface area (Å²) >= 11 is 0. The predicted octanol–water partition coefficient (Wildman–Crippen LogP) is 0.603. The molecule has 0 amide bonds. The number of hydrogen-bond donors (Lipinski definition) is 0. The van der Waals surface area contributed by atoms with Crippen molar-refractivity contribution in [3.05, 3.63) is 0 Å². The van der Waals surface area contributed by atoms with Crippen molar-refractivity contribution in [2.24, 2.45) is 5.92 Å². The van der Waals surface area contributed by atoms with Crippen LogP contribution in [0.4, 0.5) is 0 Å². The second-order valence-corrected chi connectivity index (χ2v) is 3.08. The van der Waals surface area contributed by atoms with Crippen LogP contribution >= 0.6 is 0 Å². The first-order valence-corrected chi connectivity index (χ1v) is 4.63. The molecule has 1 rings (SSSR count). The van der Waals surface area contributed by atoms with E-state index in [2.05, 4.69) is 0 Å². The number of hydrogen-bond acceptors (Lipinski definition) is 4. The van der Waals surface area contributed by atoms with E-state index in [1.54, 1.807) is 0 Å². The van der Waals surface area contributed by atoms with Crippen LogP contribution in [0.2, 0.25) is 0 Å². The molecule has 0 radical (unpaired) electrons. The van der Waals surface area contributed by atoms with Crippen molar-refractivity contribution in [3.63, 3.8) is 0 Å². The highest BCUT2D eigenvalue weighted by Gasteiger charge is 2.14. The van der Waals surface area contributed by atoms with Gasteiger partial charge in [0.05, 0.1) is 25.7 Å². The van der Waals surface area contributed by atoms with Gasteiger partial charge in [-0.15, -0.1) is 0 Å². The van der Waals surface area contributed by atoms with Gasteiger partial charge in [-0.3, -0.25) is 4.79 Å². The molecule has 1 atom stereocenters. The molecular formula is C9H16O4. The van der Waals surface area contributed by atoms with Gasteiger partial charge in [0, 0.05) is 6.61 Å². The highest BCUT2D eigenvalue weighted by molar-refractivity contribution is 5.71. The standard InChI is InChI=1S/C9H16O4/c1-8-2-3-11-4-5-12-6-7-13-9(8)10/h8H,2-7H2,1H3. The molecule has 1 aliphatic rings. The smallest absolute Gasteiger partial charge is 0.308 e. The first-order valence-electron chi connectivity index (χ1n) is 4.63. The Hall–Kier alpha value is -0.610. The Morgan fingerprint density at radius 3 is 2.46 bits per heavy atom. The van der Waals surface area contributed by atoms with E-state index in [0.717, 1.165) is 6.42 Å². The van der Waals surface area contributed by atoms with Crippen LogP contribution in [0.3, 0.4) is 0 Å². The van der Waals surface area contributed by atoms with E-state index in [-0.39, 0.29) is 11.9 Å². The van der Waals surface area contributed by atoms with E-state index in [9.17, 15) is 4.79 Å². The molecule has 0 aliphatic carbocycles. The lowest BCUT2D eigenvalue weighted by Gasteiger charge is -2.09. The molecule has 1 unspecified atom stereocenters. The maximum atomic E-state index is 11.2. The Balaban J connectivity index is 2.31. The van der Waals surface area contributed by atoms with Gasteiger partial charge >= 0.3 is 5.97 Å². The lowest BCUT2D eigenvalue weighted by molar-refractivity contribution is -0.149. The van der Waals surface area contributed by atoms with Crippen LogP contribution in [0.15, 0.2) is 0 Å². The Morgan fingerprint density at radius 2 is 1.69 bits per heavy atom. The van der Waals surface area contributed by atoms with Crippen LogP contribution in [-0.4, -0.2) is 39.0 Å². The predicted molar refractivity (Wildman–Crippen MR) is 46.4 cm³/mol. The second kappa shape index (κ2) is 5.94. The molecule has 0 bridgehead atoms. The first kappa shape index (κ1) is 10.5. The number of cyclic esters (lactones) is 1. The largest absolute Gasteiger partial charge is 0.463 e. The normalized spacial score (nSPS) is 27.5. The summed E-state index contributed by atoms with van der Waals surface area (Å²) in [5.41, 5.74) is 0. The molecular weight excluding hydrogens is 172 g/mol. The van der Waals surface area contributed by atoms with Gasteiger partial charge in [0.1, 0.15) is 6.61 Å². The summed E-state index contributed by atoms with van der Waals surface area (Å²) in [4.78, 5) is 11.2. The SMILES string of the molecule is CC1CCOCCOCCOC1=O. The highest BCUT2D eigenvalue weighted by Crippen LogP contribution is 2.05. The summed E-state index contributed by atoms with van der Waals surface area (Å²) in [5.74, 6) is -0.229. The van der Waals surface area contributed by atoms with Gasteiger partial charge in [0.2, 0.25) is 0 Å². The summed E-state index contributed by atoms with van der Waals surface area (Å²) < 4.78 is 15.4. The van der Waals surface area contributed by atoms with E-state index < -0.39 is 0 Å². The number of ether oxygens (including phenoxy) is 3. The van der Waals surface area contributed by atoms with Crippen LogP contribution in [0.5, 0.6) is 0 Å². The molecule has 1 fully saturated rings. The minimum absolute atomic E-state index is 0.0712. The molecule has 0 aromatic rings. The summed E-state index contributed by atoms with van der Waals surface area (Å²) in [6, 6.07) is 0. The topological polar surface area (TPSA) is 44.8 Å². The molecule has 1 saturated heterocycles. The molecule has 0 spiro atoms. The summed E-state index contributed by atoms with van der Waals surface area (Å²) in [6.07, 6.45) is 0.721. The van der Waals surface area contributed by atoms with Crippen molar-refractivity contribution >= 4 is 5.97 Å². The number of carbonyl (C=O) groups is 1. The van der Waals surface area contributed by atoms with E-state index in [1.807, 2.05) is 6.92 Å². The fourth-order valence-corrected chi connectivity index (χ4v) is 1.04. The molecule has 4 nitrogen and oxygen atoms in total. The quantitative estimate of drug-likeness (QED) is 0.522. The monoisotopic (exact) mass is 188 g/mol. The minimum Gasteiger partial charge on any atom is -0.463 e. The van der Waals surface area contributed by atoms with Crippen molar-refractivity contribution < 1.29 is 19.0 Å². The second-order valence-electron chi connectivity index (χ2n) is 3.08. The Labute approximate surface area is 78.2 Å². The van der Waals surface area contributed by atoms with Crippen LogP contribution in [0.1, 0.15) is 13.3 Å². The van der Waals surface area contributed by atoms with E-state index >= 15 is 0 Å². The Morgan fingerprint density at radius 1 is 1.08 bits per heavy atom. The van der Waals surface area contributed by atoms with Crippen molar-refractivity contribution in [3.8, 4) is 0 Å². The van der Waals surface area contributed by atoms with Crippen molar-refractivity contribution in [2.45, 2.75) is 13.3 Å². The van der Waals surface area contributed by atoms with Crippen molar-refractivity contribution in [1.29, 1.82) is 0 Å². The Kier molecular flexibility index (Phi) is 4.78. The highest BCUT2D eigenvalue weighted by atomic mass is 16.6. The number of rotatable bonds is 0. The average molecular weight is 188 g/mol. The zero-order valence-corrected chi connectivity index (χ0v) is 7.95. The molecule has 0 aromatic heterocycles. The molecule has 1 aliphatic heterocycles. The van der Waals surface area contributed by atoms with Crippen LogP contribution < -0.4 is 0 Å². The molecule has 0 aromatic carbocycles. The van der Waals surface area contributed by atoms with Gasteiger partial charge in [-0.25, -0.2) is 0 Å². The third-order valence-corrected chi connectivity index (χ3v) is 1.94. The third-order valence-electron chi connectivity index (χ3n) is 1.94. The van der Waals surface area contributed by atoms with Gasteiger partial charge in [0.15, 0.2) is 0 Å². The lowest BCUT2D eigenvalue weighted by atomic mass is 10.1. The summed E-state index contributed by atoms with van der Waals surface area (Å²) in [5, 5.41) is 0. The minimum atomic E-state index is -0.158. The fraction of sp³-hybridized carbons (Fsp3) is 0.889. The molecule has 13 heavy (non-hydrogen) atoms.